The van der Waals surface area contributed by atoms with Crippen molar-refractivity contribution >= 4 is 67.1 Å². The van der Waals surface area contributed by atoms with E-state index in [1.807, 2.05) is 18.2 Å². The molecule has 0 unspecified atom stereocenters. The van der Waals surface area contributed by atoms with Crippen molar-refractivity contribution in [2.75, 3.05) is 57.4 Å². The Kier molecular flexibility index (Phi) is 12.0. The molecule has 2 fully saturated rings. The van der Waals surface area contributed by atoms with E-state index in [-0.39, 0.29) is 50.7 Å². The number of carbonyl (C=O) groups excluding carboxylic acids is 1. The van der Waals surface area contributed by atoms with Crippen LogP contribution in [-0.2, 0) is 14.8 Å². The molecule has 0 saturated carbocycles. The van der Waals surface area contributed by atoms with E-state index in [4.69, 9.17) is 37.4 Å². The van der Waals surface area contributed by atoms with Crippen molar-refractivity contribution < 1.29 is 32.3 Å². The number of sulfonamides is 1. The Morgan fingerprint density at radius 1 is 1.07 bits per heavy atom. The number of rotatable bonds is 13. The molecular formula is C44H46Cl2N6O8S. The monoisotopic (exact) mass is 888 g/mol. The highest BCUT2D eigenvalue weighted by atomic mass is 35.5. The van der Waals surface area contributed by atoms with Gasteiger partial charge < -0.3 is 24.1 Å². The van der Waals surface area contributed by atoms with Crippen molar-refractivity contribution in [2.24, 2.45) is 11.3 Å². The largest absolute Gasteiger partial charge is 0.486 e. The highest BCUT2D eigenvalue weighted by Gasteiger charge is 2.33. The lowest BCUT2D eigenvalue weighted by molar-refractivity contribution is -0.386. The number of anilines is 1. The number of H-pyrrole nitrogens is 1. The molecule has 5 aromatic rings. The molecule has 14 nitrogen and oxygen atoms in total. The Balaban J connectivity index is 1.04. The van der Waals surface area contributed by atoms with Gasteiger partial charge in [0.15, 0.2) is 0 Å². The SMILES string of the molecule is Cc1c(Cl)c(C(=O)NS(=O)(=O)c2ccc(N3CCN(CC4=C(c5ccc(Cl)cc5)CC(C)(C)CC4)CC3)cc2Oc2cnc3[nH]ccc3c2)cc([N+](=O)[O-])c1OCC1COC1. The standard InChI is InChI=1S/C44H46Cl2N6O8S/c1-27-40(46)35(20-37(52(54)55)41(27)59-26-28-24-58-25-28)43(53)49-61(56,57)39-9-8-33(19-38(39)60-34-18-30-11-13-47-42(30)48-22-34)51-16-14-50(15-17-51)23-31-10-12-44(2,3)21-36(31)29-4-6-32(45)7-5-29/h4-9,11,13,18-20,22,28H,10,12,14-17,21,23-26H2,1-3H3,(H,47,48)(H,49,53). The predicted molar refractivity (Wildman–Crippen MR) is 235 cm³/mol. The molecular weight excluding hydrogens is 843 g/mol. The number of hydrogen-bond donors (Lipinski definition) is 2. The lowest BCUT2D eigenvalue weighted by Crippen LogP contribution is -2.47. The molecule has 0 spiro atoms. The molecule has 1 amide bonds. The molecule has 61 heavy (non-hydrogen) atoms. The van der Waals surface area contributed by atoms with Crippen LogP contribution in [0, 0.1) is 28.4 Å². The quantitative estimate of drug-likeness (QED) is 0.0856. The first-order chi connectivity index (χ1) is 29.1. The van der Waals surface area contributed by atoms with Gasteiger partial charge in [-0.1, -0.05) is 54.8 Å². The zero-order valence-corrected chi connectivity index (χ0v) is 36.3. The molecule has 0 bridgehead atoms. The van der Waals surface area contributed by atoms with Crippen LogP contribution in [0.4, 0.5) is 11.4 Å². The summed E-state index contributed by atoms with van der Waals surface area (Å²) in [6.45, 7) is 11.0. The van der Waals surface area contributed by atoms with E-state index in [2.05, 4.69) is 50.5 Å². The van der Waals surface area contributed by atoms with Gasteiger partial charge in [0.05, 0.1) is 41.5 Å². The van der Waals surface area contributed by atoms with Gasteiger partial charge in [-0.25, -0.2) is 18.1 Å². The molecule has 2 aliphatic heterocycles. The molecule has 2 saturated heterocycles. The van der Waals surface area contributed by atoms with Crippen LogP contribution < -0.4 is 19.1 Å². The number of nitro benzene ring substituents is 1. The third-order valence-electron chi connectivity index (χ3n) is 11.6. The predicted octanol–water partition coefficient (Wildman–Crippen LogP) is 8.81. The van der Waals surface area contributed by atoms with Crippen LogP contribution in [0.5, 0.6) is 17.2 Å². The van der Waals surface area contributed by atoms with Crippen LogP contribution in [0.2, 0.25) is 10.0 Å². The number of nitro groups is 1. The molecule has 3 aliphatic rings. The van der Waals surface area contributed by atoms with Gasteiger partial charge in [-0.3, -0.25) is 19.8 Å². The Labute approximate surface area is 364 Å². The molecule has 1 aliphatic carbocycles. The van der Waals surface area contributed by atoms with Crippen LogP contribution in [0.3, 0.4) is 0 Å². The van der Waals surface area contributed by atoms with Gasteiger partial charge in [-0.2, -0.15) is 0 Å². The minimum Gasteiger partial charge on any atom is -0.486 e. The first-order valence-corrected chi connectivity index (χ1v) is 22.3. The maximum Gasteiger partial charge on any atom is 0.312 e. The third kappa shape index (κ3) is 9.36. The van der Waals surface area contributed by atoms with Gasteiger partial charge in [0.1, 0.15) is 22.0 Å². The van der Waals surface area contributed by atoms with E-state index in [0.29, 0.717) is 32.0 Å². The number of aromatic amines is 1. The van der Waals surface area contributed by atoms with Crippen molar-refractivity contribution in [3.63, 3.8) is 0 Å². The topological polar surface area (TPSA) is 169 Å². The summed E-state index contributed by atoms with van der Waals surface area (Å²) in [6, 6.07) is 17.3. The highest BCUT2D eigenvalue weighted by Crippen LogP contribution is 2.44. The molecule has 8 rings (SSSR count). The smallest absolute Gasteiger partial charge is 0.312 e. The zero-order chi connectivity index (χ0) is 43.1. The molecule has 320 valence electrons. The van der Waals surface area contributed by atoms with Gasteiger partial charge in [-0.15, -0.1) is 0 Å². The second-order valence-electron chi connectivity index (χ2n) is 16.6. The van der Waals surface area contributed by atoms with E-state index >= 15 is 0 Å². The van der Waals surface area contributed by atoms with Crippen LogP contribution >= 0.6 is 23.2 Å². The van der Waals surface area contributed by atoms with E-state index in [9.17, 15) is 23.3 Å². The highest BCUT2D eigenvalue weighted by molar-refractivity contribution is 7.90. The molecule has 0 atom stereocenters. The van der Waals surface area contributed by atoms with E-state index in [0.717, 1.165) is 61.1 Å². The Morgan fingerprint density at radius 2 is 1.82 bits per heavy atom. The van der Waals surface area contributed by atoms with Crippen molar-refractivity contribution in [1.82, 2.24) is 19.6 Å². The molecule has 4 heterocycles. The lowest BCUT2D eigenvalue weighted by Gasteiger charge is -2.39. The number of pyridine rings is 1. The number of aromatic nitrogens is 2. The van der Waals surface area contributed by atoms with Gasteiger partial charge in [0.2, 0.25) is 5.75 Å². The number of nitrogens with one attached hydrogen (secondary N) is 2. The maximum atomic E-state index is 14.1. The number of allylic oxidation sites excluding steroid dienone is 1. The van der Waals surface area contributed by atoms with Gasteiger partial charge in [0.25, 0.3) is 15.9 Å². The number of piperazine rings is 1. The normalized spacial score (nSPS) is 17.3. The summed E-state index contributed by atoms with van der Waals surface area (Å²) in [7, 11) is -4.66. The fourth-order valence-corrected chi connectivity index (χ4v) is 9.48. The number of hydrogen-bond acceptors (Lipinski definition) is 11. The summed E-state index contributed by atoms with van der Waals surface area (Å²) in [5.41, 5.74) is 4.83. The summed E-state index contributed by atoms with van der Waals surface area (Å²) >= 11 is 12.8. The molecule has 2 N–H and O–H groups in total. The number of halogens is 2. The van der Waals surface area contributed by atoms with E-state index in [1.165, 1.54) is 35.9 Å². The van der Waals surface area contributed by atoms with Crippen molar-refractivity contribution in [3.05, 3.63) is 115 Å². The van der Waals surface area contributed by atoms with Gasteiger partial charge in [-0.05, 0) is 79.1 Å². The first kappa shape index (κ1) is 42.5. The number of benzene rings is 3. The lowest BCUT2D eigenvalue weighted by atomic mass is 9.72. The second kappa shape index (κ2) is 17.3. The van der Waals surface area contributed by atoms with Crippen molar-refractivity contribution in [1.29, 1.82) is 0 Å². The summed E-state index contributed by atoms with van der Waals surface area (Å²) in [6.07, 6.45) is 6.35. The Hall–Kier alpha value is -5.19. The number of fused-ring (bicyclic) bond motifs is 1. The van der Waals surface area contributed by atoms with Crippen molar-refractivity contribution in [2.45, 2.75) is 44.9 Å². The number of carbonyl (C=O) groups is 1. The van der Waals surface area contributed by atoms with Crippen LogP contribution in [0.25, 0.3) is 16.6 Å². The minimum absolute atomic E-state index is 0.0449. The summed E-state index contributed by atoms with van der Waals surface area (Å²) in [4.78, 5) is 36.8. The molecule has 3 aromatic carbocycles. The summed E-state index contributed by atoms with van der Waals surface area (Å²) in [5.74, 6) is -0.968. The number of ether oxygens (including phenoxy) is 3. The Morgan fingerprint density at radius 3 is 2.52 bits per heavy atom. The average Bonchev–Trinajstić information content (AvgIpc) is 3.68. The summed E-state index contributed by atoms with van der Waals surface area (Å²) < 4.78 is 47.5. The number of nitrogens with zero attached hydrogens (tertiary/aromatic N) is 4. The van der Waals surface area contributed by atoms with E-state index < -0.39 is 32.1 Å². The van der Waals surface area contributed by atoms with Gasteiger partial charge in [0, 0.05) is 78.6 Å². The van der Waals surface area contributed by atoms with Crippen LogP contribution in [0.15, 0.2) is 83.5 Å². The third-order valence-corrected chi connectivity index (χ3v) is 13.7. The molecule has 0 radical (unpaired) electrons. The van der Waals surface area contributed by atoms with Crippen LogP contribution in [0.1, 0.15) is 54.6 Å². The fourth-order valence-electron chi connectivity index (χ4n) is 8.05. The number of amides is 1. The van der Waals surface area contributed by atoms with Crippen molar-refractivity contribution in [3.8, 4) is 17.2 Å². The van der Waals surface area contributed by atoms with Crippen LogP contribution in [-0.4, -0.2) is 86.7 Å². The Bertz CT molecular complexity index is 2640. The van der Waals surface area contributed by atoms with E-state index in [1.54, 1.807) is 24.4 Å². The molecule has 2 aromatic heterocycles. The summed E-state index contributed by atoms with van der Waals surface area (Å²) in [5, 5.41) is 13.4. The maximum absolute atomic E-state index is 14.1. The van der Waals surface area contributed by atoms with Gasteiger partial charge >= 0.3 is 5.69 Å². The molecule has 17 heteroatoms. The fraction of sp³-hybridized carbons (Fsp3) is 0.364. The second-order valence-corrected chi connectivity index (χ2v) is 19.1. The first-order valence-electron chi connectivity index (χ1n) is 20.1. The zero-order valence-electron chi connectivity index (χ0n) is 34.0. The minimum atomic E-state index is -4.66. The average molecular weight is 890 g/mol.